The second-order valence-electron chi connectivity index (χ2n) is 4.52. The van der Waals surface area contributed by atoms with E-state index in [0.717, 1.165) is 0 Å². The van der Waals surface area contributed by atoms with Gasteiger partial charge in [-0.05, 0) is 12.1 Å². The molecule has 0 atom stereocenters. The number of phenols is 2. The van der Waals surface area contributed by atoms with Crippen LogP contribution in [0.4, 0.5) is 0 Å². The quantitative estimate of drug-likeness (QED) is 0.756. The lowest BCUT2D eigenvalue weighted by atomic mass is 10.0. The van der Waals surface area contributed by atoms with Crippen LogP contribution >= 0.6 is 0 Å². The molecule has 0 radical (unpaired) electrons. The second kappa shape index (κ2) is 4.86. The van der Waals surface area contributed by atoms with E-state index < -0.39 is 0 Å². The van der Waals surface area contributed by atoms with E-state index in [-0.39, 0.29) is 39.2 Å². The standard InChI is InChI=1S/C16H12O5/c1-20-15-6-10-14(7-13(15)18)21-8-11(16(10)19)9-4-2-3-5-12(9)17/h2-8,17-18H,1H3. The molecule has 0 aliphatic rings. The fraction of sp³-hybridized carbons (Fsp3) is 0.0625. The van der Waals surface area contributed by atoms with Gasteiger partial charge in [0.25, 0.3) is 0 Å². The molecule has 106 valence electrons. The molecule has 21 heavy (non-hydrogen) atoms. The van der Waals surface area contributed by atoms with Crippen LogP contribution in [0.3, 0.4) is 0 Å². The summed E-state index contributed by atoms with van der Waals surface area (Å²) in [6.07, 6.45) is 1.27. The van der Waals surface area contributed by atoms with E-state index in [9.17, 15) is 15.0 Å². The minimum absolute atomic E-state index is 0.00473. The Hall–Kier alpha value is -2.95. The van der Waals surface area contributed by atoms with Crippen LogP contribution in [0.25, 0.3) is 22.1 Å². The minimum atomic E-state index is -0.309. The molecule has 0 saturated carbocycles. The maximum atomic E-state index is 12.6. The lowest BCUT2D eigenvalue weighted by molar-refractivity contribution is 0.373. The van der Waals surface area contributed by atoms with Crippen molar-refractivity contribution in [1.82, 2.24) is 0 Å². The van der Waals surface area contributed by atoms with Crippen LogP contribution in [0, 0.1) is 0 Å². The summed E-state index contributed by atoms with van der Waals surface area (Å²) in [5.41, 5.74) is 0.571. The number of benzene rings is 2. The third-order valence-electron chi connectivity index (χ3n) is 3.27. The molecule has 3 aromatic rings. The highest BCUT2D eigenvalue weighted by molar-refractivity contribution is 5.85. The largest absolute Gasteiger partial charge is 0.507 e. The van der Waals surface area contributed by atoms with E-state index in [4.69, 9.17) is 9.15 Å². The van der Waals surface area contributed by atoms with Crippen LogP contribution < -0.4 is 10.2 Å². The molecule has 0 aliphatic heterocycles. The number of methoxy groups -OCH3 is 1. The fourth-order valence-corrected chi connectivity index (χ4v) is 2.20. The average Bonchev–Trinajstić information content (AvgIpc) is 2.48. The van der Waals surface area contributed by atoms with Crippen LogP contribution in [-0.2, 0) is 0 Å². The molecule has 5 heteroatoms. The molecule has 3 rings (SSSR count). The number of phenolic OH excluding ortho intramolecular Hbond substituents is 2. The van der Waals surface area contributed by atoms with Crippen LogP contribution in [0.2, 0.25) is 0 Å². The fourth-order valence-electron chi connectivity index (χ4n) is 2.20. The molecule has 2 N–H and O–H groups in total. The molecule has 0 bridgehead atoms. The van der Waals surface area contributed by atoms with E-state index in [1.54, 1.807) is 18.2 Å². The lowest BCUT2D eigenvalue weighted by Crippen LogP contribution is -2.05. The first-order valence-corrected chi connectivity index (χ1v) is 6.22. The van der Waals surface area contributed by atoms with E-state index >= 15 is 0 Å². The Morgan fingerprint density at radius 2 is 1.81 bits per heavy atom. The molecule has 0 amide bonds. The van der Waals surface area contributed by atoms with Gasteiger partial charge in [-0.25, -0.2) is 0 Å². The third kappa shape index (κ3) is 2.08. The molecule has 0 spiro atoms. The van der Waals surface area contributed by atoms with Crippen molar-refractivity contribution in [3.8, 4) is 28.4 Å². The maximum absolute atomic E-state index is 12.6. The number of para-hydroxylation sites is 1. The Morgan fingerprint density at radius 3 is 2.52 bits per heavy atom. The van der Waals surface area contributed by atoms with Gasteiger partial charge in [-0.2, -0.15) is 0 Å². The molecule has 5 nitrogen and oxygen atoms in total. The molecule has 0 aliphatic carbocycles. The molecular weight excluding hydrogens is 272 g/mol. The highest BCUT2D eigenvalue weighted by Crippen LogP contribution is 2.32. The average molecular weight is 284 g/mol. The van der Waals surface area contributed by atoms with Gasteiger partial charge in [0.15, 0.2) is 11.5 Å². The maximum Gasteiger partial charge on any atom is 0.200 e. The second-order valence-corrected chi connectivity index (χ2v) is 4.52. The minimum Gasteiger partial charge on any atom is -0.507 e. The predicted molar refractivity (Wildman–Crippen MR) is 77.8 cm³/mol. The first kappa shape index (κ1) is 13.1. The lowest BCUT2D eigenvalue weighted by Gasteiger charge is -2.07. The SMILES string of the molecule is COc1cc2c(=O)c(-c3ccccc3O)coc2cc1O. The van der Waals surface area contributed by atoms with Crippen LogP contribution in [0.1, 0.15) is 0 Å². The zero-order valence-electron chi connectivity index (χ0n) is 11.2. The zero-order valence-corrected chi connectivity index (χ0v) is 11.2. The van der Waals surface area contributed by atoms with Crippen LogP contribution in [-0.4, -0.2) is 17.3 Å². The van der Waals surface area contributed by atoms with Crippen molar-refractivity contribution >= 4 is 11.0 Å². The highest BCUT2D eigenvalue weighted by Gasteiger charge is 2.14. The van der Waals surface area contributed by atoms with E-state index in [2.05, 4.69) is 0 Å². The molecule has 2 aromatic carbocycles. The number of hydrogen-bond acceptors (Lipinski definition) is 5. The van der Waals surface area contributed by atoms with Gasteiger partial charge in [0.1, 0.15) is 17.6 Å². The Morgan fingerprint density at radius 1 is 1.05 bits per heavy atom. The summed E-state index contributed by atoms with van der Waals surface area (Å²) in [4.78, 5) is 12.6. The van der Waals surface area contributed by atoms with E-state index in [1.807, 2.05) is 0 Å². The summed E-state index contributed by atoms with van der Waals surface area (Å²) in [7, 11) is 1.40. The van der Waals surface area contributed by atoms with Gasteiger partial charge in [-0.1, -0.05) is 18.2 Å². The summed E-state index contributed by atoms with van der Waals surface area (Å²) in [5.74, 6) is 0.0718. The van der Waals surface area contributed by atoms with Gasteiger partial charge >= 0.3 is 0 Å². The molecule has 0 unspecified atom stereocenters. The van der Waals surface area contributed by atoms with Crippen molar-refractivity contribution < 1.29 is 19.4 Å². The molecule has 1 heterocycles. The van der Waals surface area contributed by atoms with Crippen molar-refractivity contribution in [2.45, 2.75) is 0 Å². The van der Waals surface area contributed by atoms with Crippen LogP contribution in [0.15, 0.2) is 51.9 Å². The molecule has 0 fully saturated rings. The Labute approximate surface area is 119 Å². The zero-order chi connectivity index (χ0) is 15.0. The summed E-state index contributed by atoms with van der Waals surface area (Å²) >= 11 is 0. The summed E-state index contributed by atoms with van der Waals surface area (Å²) in [5, 5.41) is 19.8. The smallest absolute Gasteiger partial charge is 0.200 e. The Balaban J connectivity index is 2.33. The number of aromatic hydroxyl groups is 2. The van der Waals surface area contributed by atoms with Gasteiger partial charge < -0.3 is 19.4 Å². The van der Waals surface area contributed by atoms with E-state index in [1.165, 1.54) is 31.6 Å². The number of rotatable bonds is 2. The first-order valence-electron chi connectivity index (χ1n) is 6.22. The summed E-state index contributed by atoms with van der Waals surface area (Å²) in [6, 6.07) is 9.25. The summed E-state index contributed by atoms with van der Waals surface area (Å²) < 4.78 is 10.4. The van der Waals surface area contributed by atoms with Gasteiger partial charge in [-0.15, -0.1) is 0 Å². The van der Waals surface area contributed by atoms with Crippen molar-refractivity contribution in [2.24, 2.45) is 0 Å². The molecule has 1 aromatic heterocycles. The summed E-state index contributed by atoms with van der Waals surface area (Å²) in [6.45, 7) is 0. The molecule has 0 saturated heterocycles. The normalized spacial score (nSPS) is 10.7. The van der Waals surface area contributed by atoms with Crippen molar-refractivity contribution in [3.63, 3.8) is 0 Å². The number of ether oxygens (including phenoxy) is 1. The Bertz CT molecular complexity index is 879. The number of fused-ring (bicyclic) bond motifs is 1. The van der Waals surface area contributed by atoms with E-state index in [0.29, 0.717) is 5.56 Å². The Kier molecular flexibility index (Phi) is 3.02. The van der Waals surface area contributed by atoms with Gasteiger partial charge in [-0.3, -0.25) is 4.79 Å². The van der Waals surface area contributed by atoms with Gasteiger partial charge in [0, 0.05) is 11.6 Å². The first-order chi connectivity index (χ1) is 10.1. The highest BCUT2D eigenvalue weighted by atomic mass is 16.5. The number of hydrogen-bond donors (Lipinski definition) is 2. The molecular formula is C16H12O5. The predicted octanol–water partition coefficient (Wildman–Crippen LogP) is 2.88. The van der Waals surface area contributed by atoms with Crippen molar-refractivity contribution in [1.29, 1.82) is 0 Å². The van der Waals surface area contributed by atoms with Crippen LogP contribution in [0.5, 0.6) is 17.2 Å². The topological polar surface area (TPSA) is 79.9 Å². The monoisotopic (exact) mass is 284 g/mol. The third-order valence-corrected chi connectivity index (χ3v) is 3.27. The van der Waals surface area contributed by atoms with Crippen molar-refractivity contribution in [3.05, 3.63) is 52.9 Å². The van der Waals surface area contributed by atoms with Crippen molar-refractivity contribution in [2.75, 3.05) is 7.11 Å². The van der Waals surface area contributed by atoms with Gasteiger partial charge in [0.05, 0.1) is 18.1 Å². The van der Waals surface area contributed by atoms with Gasteiger partial charge in [0.2, 0.25) is 5.43 Å².